The highest BCUT2D eigenvalue weighted by molar-refractivity contribution is 6.34. The summed E-state index contributed by atoms with van der Waals surface area (Å²) in [6.45, 7) is 2.39. The molecule has 1 amide bonds. The molecule has 0 fully saturated rings. The Morgan fingerprint density at radius 1 is 1.11 bits per heavy atom. The van der Waals surface area contributed by atoms with Gasteiger partial charge in [-0.3, -0.25) is 4.79 Å². The van der Waals surface area contributed by atoms with E-state index in [4.69, 9.17) is 37.4 Å². The van der Waals surface area contributed by atoms with Crippen LogP contribution in [0.3, 0.4) is 0 Å². The van der Waals surface area contributed by atoms with Gasteiger partial charge in [0.25, 0.3) is 5.91 Å². The first-order chi connectivity index (χ1) is 13.0. The normalized spacial score (nSPS) is 10.7. The molecule has 27 heavy (non-hydrogen) atoms. The number of nitrogens with zero attached hydrogens (tertiary/aromatic N) is 1. The molecule has 0 spiro atoms. The van der Waals surface area contributed by atoms with Gasteiger partial charge >= 0.3 is 0 Å². The molecular weight excluding hydrogens is 391 g/mol. The second-order valence-electron chi connectivity index (χ2n) is 5.42. The average Bonchev–Trinajstić information content (AvgIpc) is 2.67. The third-order valence-corrected chi connectivity index (χ3v) is 3.85. The van der Waals surface area contributed by atoms with E-state index in [0.29, 0.717) is 33.9 Å². The van der Waals surface area contributed by atoms with Crippen LogP contribution in [-0.2, 0) is 4.79 Å². The summed E-state index contributed by atoms with van der Waals surface area (Å²) in [7, 11) is 1.56. The molecule has 0 heterocycles. The van der Waals surface area contributed by atoms with E-state index < -0.39 is 5.91 Å². The van der Waals surface area contributed by atoms with Crippen LogP contribution in [0.15, 0.2) is 41.5 Å². The maximum Gasteiger partial charge on any atom is 0.277 e. The van der Waals surface area contributed by atoms with Crippen molar-refractivity contribution in [2.75, 3.05) is 20.3 Å². The Bertz CT molecular complexity index is 812. The van der Waals surface area contributed by atoms with Gasteiger partial charge in [0.05, 0.1) is 25.0 Å². The number of nitrogens with one attached hydrogen (secondary N) is 1. The summed E-state index contributed by atoms with van der Waals surface area (Å²) in [6, 6.07) is 10.1. The molecular formula is C19H20Cl2N2O4. The molecule has 2 rings (SSSR count). The molecule has 2 aromatic rings. The summed E-state index contributed by atoms with van der Waals surface area (Å²) >= 11 is 11.8. The minimum atomic E-state index is -0.433. The third-order valence-electron chi connectivity index (χ3n) is 3.30. The third kappa shape index (κ3) is 6.66. The number of hydrogen-bond acceptors (Lipinski definition) is 5. The maximum atomic E-state index is 11.8. The number of carbonyl (C=O) groups excluding carboxylic acids is 1. The first-order valence-corrected chi connectivity index (χ1v) is 8.99. The van der Waals surface area contributed by atoms with Crippen LogP contribution < -0.4 is 19.6 Å². The number of hydrazone groups is 1. The minimum Gasteiger partial charge on any atom is -0.493 e. The molecule has 0 unspecified atom stereocenters. The van der Waals surface area contributed by atoms with Crippen molar-refractivity contribution in [3.05, 3.63) is 52.0 Å². The van der Waals surface area contributed by atoms with E-state index in [1.165, 1.54) is 12.3 Å². The summed E-state index contributed by atoms with van der Waals surface area (Å²) in [5.41, 5.74) is 3.12. The Morgan fingerprint density at radius 3 is 2.67 bits per heavy atom. The summed E-state index contributed by atoms with van der Waals surface area (Å²) in [4.78, 5) is 11.8. The summed E-state index contributed by atoms with van der Waals surface area (Å²) in [5, 5.41) is 4.74. The highest BCUT2D eigenvalue weighted by Crippen LogP contribution is 2.28. The number of hydrogen-bond donors (Lipinski definition) is 1. The molecule has 6 nitrogen and oxygen atoms in total. The molecule has 0 saturated carbocycles. The first kappa shape index (κ1) is 20.9. The number of ether oxygens (including phenoxy) is 3. The number of amides is 1. The van der Waals surface area contributed by atoms with Crippen molar-refractivity contribution < 1.29 is 19.0 Å². The van der Waals surface area contributed by atoms with Gasteiger partial charge in [-0.05, 0) is 42.3 Å². The van der Waals surface area contributed by atoms with Crippen molar-refractivity contribution in [1.29, 1.82) is 0 Å². The molecule has 1 N–H and O–H groups in total. The SMILES string of the molecule is CCCOc1ccc(/C=N/NC(=O)COc2cc(Cl)ccc2Cl)cc1OC. The smallest absolute Gasteiger partial charge is 0.277 e. The molecule has 0 aliphatic rings. The van der Waals surface area contributed by atoms with Crippen molar-refractivity contribution >= 4 is 35.3 Å². The van der Waals surface area contributed by atoms with E-state index in [1.54, 1.807) is 31.4 Å². The van der Waals surface area contributed by atoms with Crippen molar-refractivity contribution in [3.8, 4) is 17.2 Å². The average molecular weight is 411 g/mol. The van der Waals surface area contributed by atoms with Crippen LogP contribution in [0.5, 0.6) is 17.2 Å². The summed E-state index contributed by atoms with van der Waals surface area (Å²) in [6.07, 6.45) is 2.40. The van der Waals surface area contributed by atoms with Crippen LogP contribution in [0.25, 0.3) is 0 Å². The maximum absolute atomic E-state index is 11.8. The Hall–Kier alpha value is -2.44. The Kier molecular flexibility index (Phi) is 8.23. The number of benzene rings is 2. The van der Waals surface area contributed by atoms with E-state index in [9.17, 15) is 4.79 Å². The lowest BCUT2D eigenvalue weighted by atomic mass is 10.2. The largest absolute Gasteiger partial charge is 0.493 e. The van der Waals surface area contributed by atoms with Gasteiger partial charge in [0.2, 0.25) is 0 Å². The lowest BCUT2D eigenvalue weighted by molar-refractivity contribution is -0.123. The topological polar surface area (TPSA) is 69.2 Å². The molecule has 0 saturated heterocycles. The first-order valence-electron chi connectivity index (χ1n) is 8.24. The second-order valence-corrected chi connectivity index (χ2v) is 6.26. The molecule has 0 atom stereocenters. The van der Waals surface area contributed by atoms with Gasteiger partial charge in [0, 0.05) is 11.1 Å². The van der Waals surface area contributed by atoms with E-state index in [0.717, 1.165) is 12.0 Å². The van der Waals surface area contributed by atoms with Gasteiger partial charge in [-0.15, -0.1) is 0 Å². The van der Waals surface area contributed by atoms with Gasteiger partial charge in [0.1, 0.15) is 5.75 Å². The van der Waals surface area contributed by atoms with Crippen molar-refractivity contribution in [2.24, 2.45) is 5.10 Å². The van der Waals surface area contributed by atoms with Crippen molar-refractivity contribution in [1.82, 2.24) is 5.43 Å². The summed E-state index contributed by atoms with van der Waals surface area (Å²) < 4.78 is 16.2. The molecule has 2 aromatic carbocycles. The van der Waals surface area contributed by atoms with Crippen LogP contribution in [0.2, 0.25) is 10.0 Å². The van der Waals surface area contributed by atoms with Gasteiger partial charge in [-0.25, -0.2) is 5.43 Å². The van der Waals surface area contributed by atoms with Gasteiger partial charge in [0.15, 0.2) is 18.1 Å². The molecule has 0 bridgehead atoms. The predicted molar refractivity (Wildman–Crippen MR) is 106 cm³/mol. The van der Waals surface area contributed by atoms with Gasteiger partial charge in [-0.1, -0.05) is 30.1 Å². The molecule has 0 radical (unpaired) electrons. The zero-order chi connectivity index (χ0) is 19.6. The van der Waals surface area contributed by atoms with Crippen molar-refractivity contribution in [3.63, 3.8) is 0 Å². The van der Waals surface area contributed by atoms with Crippen LogP contribution in [0.1, 0.15) is 18.9 Å². The van der Waals surface area contributed by atoms with E-state index in [1.807, 2.05) is 13.0 Å². The fraction of sp³-hybridized carbons (Fsp3) is 0.263. The fourth-order valence-electron chi connectivity index (χ4n) is 2.04. The Labute approximate surface area is 168 Å². The van der Waals surface area contributed by atoms with Crippen molar-refractivity contribution in [2.45, 2.75) is 13.3 Å². The lowest BCUT2D eigenvalue weighted by Gasteiger charge is -2.10. The Balaban J connectivity index is 1.88. The fourth-order valence-corrected chi connectivity index (χ4v) is 2.37. The number of methoxy groups -OCH3 is 1. The molecule has 0 aliphatic carbocycles. The molecule has 144 valence electrons. The quantitative estimate of drug-likeness (QED) is 0.493. The van der Waals surface area contributed by atoms with Gasteiger partial charge in [-0.2, -0.15) is 5.10 Å². The highest BCUT2D eigenvalue weighted by atomic mass is 35.5. The zero-order valence-electron chi connectivity index (χ0n) is 15.0. The number of carbonyl (C=O) groups is 1. The van der Waals surface area contributed by atoms with E-state index in [-0.39, 0.29) is 6.61 Å². The minimum absolute atomic E-state index is 0.246. The summed E-state index contributed by atoms with van der Waals surface area (Å²) in [5.74, 6) is 1.15. The van der Waals surface area contributed by atoms with Crippen LogP contribution in [0.4, 0.5) is 0 Å². The Morgan fingerprint density at radius 2 is 1.93 bits per heavy atom. The molecule has 0 aromatic heterocycles. The highest BCUT2D eigenvalue weighted by Gasteiger charge is 2.07. The number of rotatable bonds is 9. The molecule has 0 aliphatic heterocycles. The van der Waals surface area contributed by atoms with Crippen LogP contribution in [0, 0.1) is 0 Å². The number of halogens is 2. The predicted octanol–water partition coefficient (Wildman–Crippen LogP) is 4.32. The monoisotopic (exact) mass is 410 g/mol. The van der Waals surface area contributed by atoms with Crippen LogP contribution >= 0.6 is 23.2 Å². The molecule has 8 heteroatoms. The van der Waals surface area contributed by atoms with E-state index >= 15 is 0 Å². The second kappa shape index (κ2) is 10.6. The lowest BCUT2D eigenvalue weighted by Crippen LogP contribution is -2.24. The van der Waals surface area contributed by atoms with Crippen LogP contribution in [-0.4, -0.2) is 32.4 Å². The van der Waals surface area contributed by atoms with E-state index in [2.05, 4.69) is 10.5 Å². The zero-order valence-corrected chi connectivity index (χ0v) is 16.5. The van der Waals surface area contributed by atoms with Gasteiger partial charge < -0.3 is 14.2 Å². The standard InChI is InChI=1S/C19H20Cl2N2O4/c1-3-8-26-16-7-4-13(9-18(16)25-2)11-22-23-19(24)12-27-17-10-14(20)5-6-15(17)21/h4-7,9-11H,3,8,12H2,1-2H3,(H,23,24)/b22-11+.